The third-order valence-corrected chi connectivity index (χ3v) is 2.64. The molecule has 0 unspecified atom stereocenters. The number of hydrogen-bond acceptors (Lipinski definition) is 4. The number of carbonyl (C=O) groups excluding carboxylic acids is 1. The highest BCUT2D eigenvalue weighted by Crippen LogP contribution is 2.28. The van der Waals surface area contributed by atoms with Gasteiger partial charge in [-0.3, -0.25) is 4.79 Å². The summed E-state index contributed by atoms with van der Waals surface area (Å²) in [5, 5.41) is 0.613. The number of para-hydroxylation sites is 1. The molecule has 0 spiro atoms. The van der Waals surface area contributed by atoms with Crippen LogP contribution in [0, 0.1) is 0 Å². The minimum absolute atomic E-state index is 0.0481. The Hall–Kier alpha value is -1.37. The normalized spacial score (nSPS) is 10.4. The van der Waals surface area contributed by atoms with Gasteiger partial charge in [0, 0.05) is 0 Å². The summed E-state index contributed by atoms with van der Waals surface area (Å²) in [4.78, 5) is 22.9. The van der Waals surface area contributed by atoms with Gasteiger partial charge >= 0.3 is 5.63 Å². The Bertz CT molecular complexity index is 615. The van der Waals surface area contributed by atoms with Gasteiger partial charge in [-0.1, -0.05) is 12.1 Å². The van der Waals surface area contributed by atoms with Crippen LogP contribution in [0.3, 0.4) is 0 Å². The zero-order valence-electron chi connectivity index (χ0n) is 8.32. The molecule has 0 aliphatic carbocycles. The molecule has 0 N–H and O–H groups in total. The van der Waals surface area contributed by atoms with Crippen molar-refractivity contribution in [2.45, 2.75) is 6.92 Å². The van der Waals surface area contributed by atoms with Crippen molar-refractivity contribution in [3.05, 3.63) is 40.2 Å². The van der Waals surface area contributed by atoms with E-state index in [9.17, 15) is 9.59 Å². The largest absolute Gasteiger partial charge is 0.426 e. The number of rotatable bonds is 2. The van der Waals surface area contributed by atoms with Gasteiger partial charge in [-0.15, -0.1) is 0 Å². The van der Waals surface area contributed by atoms with Crippen molar-refractivity contribution >= 4 is 39.8 Å². The minimum atomic E-state index is -0.669. The third kappa shape index (κ3) is 1.71. The SMILES string of the molecule is CC(=O)c1c(OI)c2ccccc2oc1=O. The van der Waals surface area contributed by atoms with Crippen LogP contribution in [0.2, 0.25) is 0 Å². The van der Waals surface area contributed by atoms with Crippen molar-refractivity contribution in [2.24, 2.45) is 0 Å². The Morgan fingerprint density at radius 2 is 2.06 bits per heavy atom. The maximum absolute atomic E-state index is 11.6. The fourth-order valence-electron chi connectivity index (χ4n) is 1.51. The van der Waals surface area contributed by atoms with E-state index < -0.39 is 5.63 Å². The average Bonchev–Trinajstić information content (AvgIpc) is 2.26. The summed E-state index contributed by atoms with van der Waals surface area (Å²) in [6, 6.07) is 6.92. The second kappa shape index (κ2) is 4.25. The number of hydrogen-bond donors (Lipinski definition) is 0. The number of fused-ring (bicyclic) bond motifs is 1. The molecule has 0 bridgehead atoms. The van der Waals surface area contributed by atoms with Crippen LogP contribution >= 0.6 is 23.0 Å². The van der Waals surface area contributed by atoms with Crippen molar-refractivity contribution in [2.75, 3.05) is 0 Å². The highest BCUT2D eigenvalue weighted by atomic mass is 127. The van der Waals surface area contributed by atoms with Crippen LogP contribution in [-0.4, -0.2) is 5.78 Å². The zero-order chi connectivity index (χ0) is 11.7. The van der Waals surface area contributed by atoms with Crippen LogP contribution in [0.4, 0.5) is 0 Å². The molecule has 1 heterocycles. The molecular formula is C11H7IO4. The van der Waals surface area contributed by atoms with E-state index in [1.807, 2.05) is 0 Å². The van der Waals surface area contributed by atoms with E-state index in [2.05, 4.69) is 0 Å². The molecule has 2 aromatic rings. The topological polar surface area (TPSA) is 56.5 Å². The van der Waals surface area contributed by atoms with Crippen LogP contribution in [0.15, 0.2) is 33.5 Å². The van der Waals surface area contributed by atoms with Gasteiger partial charge in [0.2, 0.25) is 0 Å². The molecule has 0 amide bonds. The summed E-state index contributed by atoms with van der Waals surface area (Å²) < 4.78 is 10.1. The van der Waals surface area contributed by atoms with E-state index >= 15 is 0 Å². The molecule has 4 nitrogen and oxygen atoms in total. The van der Waals surface area contributed by atoms with Gasteiger partial charge in [0.15, 0.2) is 34.5 Å². The Morgan fingerprint density at radius 3 is 2.69 bits per heavy atom. The Morgan fingerprint density at radius 1 is 1.38 bits per heavy atom. The van der Waals surface area contributed by atoms with E-state index in [1.54, 1.807) is 47.3 Å². The van der Waals surface area contributed by atoms with E-state index in [1.165, 1.54) is 6.92 Å². The lowest BCUT2D eigenvalue weighted by Gasteiger charge is -2.05. The highest BCUT2D eigenvalue weighted by molar-refractivity contribution is 14.1. The molecule has 0 fully saturated rings. The fourth-order valence-corrected chi connectivity index (χ4v) is 1.96. The number of halogens is 1. The van der Waals surface area contributed by atoms with Crippen LogP contribution in [-0.2, 0) is 0 Å². The first kappa shape index (κ1) is 11.1. The summed E-state index contributed by atoms with van der Waals surface area (Å²) >= 11 is 1.64. The lowest BCUT2D eigenvalue weighted by Crippen LogP contribution is -2.12. The molecule has 2 rings (SSSR count). The molecule has 82 valence electrons. The van der Waals surface area contributed by atoms with Gasteiger partial charge in [0.25, 0.3) is 0 Å². The number of Topliss-reactive ketones (excluding diaryl/α,β-unsaturated/α-hetero) is 1. The second-order valence-electron chi connectivity index (χ2n) is 3.22. The summed E-state index contributed by atoms with van der Waals surface area (Å²) in [6.07, 6.45) is 0. The van der Waals surface area contributed by atoms with Crippen molar-refractivity contribution in [3.8, 4) is 5.75 Å². The molecule has 0 atom stereocenters. The molecule has 1 aromatic heterocycles. The first-order valence-electron chi connectivity index (χ1n) is 4.50. The maximum Gasteiger partial charge on any atom is 0.351 e. The van der Waals surface area contributed by atoms with E-state index in [-0.39, 0.29) is 17.1 Å². The molecule has 0 radical (unpaired) electrons. The van der Waals surface area contributed by atoms with Crippen molar-refractivity contribution in [1.29, 1.82) is 0 Å². The first-order valence-corrected chi connectivity index (χ1v) is 5.38. The Balaban J connectivity index is 2.96. The van der Waals surface area contributed by atoms with Crippen LogP contribution in [0.25, 0.3) is 11.0 Å². The van der Waals surface area contributed by atoms with Crippen molar-refractivity contribution in [3.63, 3.8) is 0 Å². The maximum atomic E-state index is 11.6. The lowest BCUT2D eigenvalue weighted by atomic mass is 10.1. The minimum Gasteiger partial charge on any atom is -0.426 e. The average molecular weight is 330 g/mol. The van der Waals surface area contributed by atoms with Gasteiger partial charge in [0.1, 0.15) is 11.1 Å². The van der Waals surface area contributed by atoms with Crippen LogP contribution in [0.1, 0.15) is 17.3 Å². The van der Waals surface area contributed by atoms with E-state index in [4.69, 9.17) is 7.48 Å². The Kier molecular flexibility index (Phi) is 2.95. The van der Waals surface area contributed by atoms with Gasteiger partial charge in [-0.2, -0.15) is 0 Å². The monoisotopic (exact) mass is 330 g/mol. The zero-order valence-corrected chi connectivity index (χ0v) is 10.5. The highest BCUT2D eigenvalue weighted by Gasteiger charge is 2.18. The number of ketones is 1. The van der Waals surface area contributed by atoms with E-state index in [0.29, 0.717) is 11.0 Å². The van der Waals surface area contributed by atoms with Crippen molar-refractivity contribution in [1.82, 2.24) is 0 Å². The summed E-state index contributed by atoms with van der Waals surface area (Å²) in [6.45, 7) is 1.31. The smallest absolute Gasteiger partial charge is 0.351 e. The summed E-state index contributed by atoms with van der Waals surface area (Å²) in [7, 11) is 0. The quantitative estimate of drug-likeness (QED) is 0.483. The molecule has 0 saturated carbocycles. The van der Waals surface area contributed by atoms with E-state index in [0.717, 1.165) is 0 Å². The number of benzene rings is 1. The van der Waals surface area contributed by atoms with Crippen LogP contribution < -0.4 is 8.69 Å². The standard InChI is InChI=1S/C11H7IO4/c1-6(13)9-10(16-12)7-4-2-3-5-8(7)15-11(9)14/h2-5H,1H3. The number of carbonyl (C=O) groups is 1. The van der Waals surface area contributed by atoms with Crippen LogP contribution in [0.5, 0.6) is 5.75 Å². The van der Waals surface area contributed by atoms with Gasteiger partial charge in [0.05, 0.1) is 5.39 Å². The third-order valence-electron chi connectivity index (χ3n) is 2.19. The predicted molar refractivity (Wildman–Crippen MR) is 67.1 cm³/mol. The van der Waals surface area contributed by atoms with Gasteiger partial charge in [-0.05, 0) is 19.1 Å². The van der Waals surface area contributed by atoms with Gasteiger partial charge in [-0.25, -0.2) is 4.79 Å². The predicted octanol–water partition coefficient (Wildman–Crippen LogP) is 2.72. The first-order chi connectivity index (χ1) is 7.65. The molecule has 1 aromatic carbocycles. The molecule has 0 aliphatic rings. The molecule has 0 saturated heterocycles. The molecule has 0 aliphatic heterocycles. The molecule has 5 heteroatoms. The van der Waals surface area contributed by atoms with Gasteiger partial charge < -0.3 is 7.48 Å². The molecular weight excluding hydrogens is 323 g/mol. The second-order valence-corrected chi connectivity index (χ2v) is 3.66. The summed E-state index contributed by atoms with van der Waals surface area (Å²) in [5.41, 5.74) is -0.310. The Labute approximate surface area is 105 Å². The lowest BCUT2D eigenvalue weighted by molar-refractivity contribution is 0.101. The summed E-state index contributed by atoms with van der Waals surface area (Å²) in [5.74, 6) is -0.105. The van der Waals surface area contributed by atoms with Crippen molar-refractivity contribution < 1.29 is 12.3 Å². The fraction of sp³-hybridized carbons (Fsp3) is 0.0909. The molecule has 16 heavy (non-hydrogen) atoms.